The number of benzene rings is 2. The molecule has 40 heavy (non-hydrogen) atoms. The van der Waals surface area contributed by atoms with E-state index in [-0.39, 0.29) is 11.5 Å². The molecule has 0 spiro atoms. The van der Waals surface area contributed by atoms with Crippen LogP contribution in [0.25, 0.3) is 21.5 Å². The maximum absolute atomic E-state index is 12.8. The Morgan fingerprint density at radius 1 is 0.450 bits per heavy atom. The SMILES string of the molecule is Cc1cc2cnnc(C)c(C)nncc3cc(C)cc(cnnc(C)c(C)nncc(c1)c2[O-])c3[O-].[Cl][Cu+].[Cl][Cu+]. The number of rotatable bonds is 0. The van der Waals surface area contributed by atoms with Gasteiger partial charge >= 0.3 is 50.4 Å². The normalized spacial score (nSPS) is 9.50. The van der Waals surface area contributed by atoms with E-state index in [2.05, 4.69) is 91.2 Å². The molecule has 3 rings (SSSR count). The third-order valence-corrected chi connectivity index (χ3v) is 5.25. The van der Waals surface area contributed by atoms with E-state index in [4.69, 9.17) is 0 Å². The van der Waals surface area contributed by atoms with E-state index < -0.39 is 0 Å². The second kappa shape index (κ2) is 18.4. The Balaban J connectivity index is 0.00000191. The van der Waals surface area contributed by atoms with Gasteiger partial charge in [-0.3, -0.25) is 0 Å². The van der Waals surface area contributed by atoms with Crippen molar-refractivity contribution in [2.75, 3.05) is 0 Å². The topological polar surface area (TPSA) is 149 Å². The molecule has 0 fully saturated rings. The molecular weight excluding hydrogens is 654 g/mol. The van der Waals surface area contributed by atoms with Crippen molar-refractivity contribution < 1.29 is 40.4 Å². The van der Waals surface area contributed by atoms with Gasteiger partial charge in [0.05, 0.1) is 47.6 Å². The molecule has 0 amide bonds. The average molecular weight is 681 g/mol. The van der Waals surface area contributed by atoms with Crippen molar-refractivity contribution in [2.45, 2.75) is 41.5 Å². The van der Waals surface area contributed by atoms with Gasteiger partial charge in [0.2, 0.25) is 0 Å². The third kappa shape index (κ3) is 10.9. The van der Waals surface area contributed by atoms with Gasteiger partial charge in [-0.15, -0.1) is 0 Å². The van der Waals surface area contributed by atoms with Crippen molar-refractivity contribution in [1.29, 1.82) is 0 Å². The molecule has 0 saturated heterocycles. The summed E-state index contributed by atoms with van der Waals surface area (Å²) in [5, 5.41) is 59.7. The molecule has 0 aliphatic carbocycles. The predicted octanol–water partition coefficient (Wildman–Crippen LogP) is 4.46. The maximum atomic E-state index is 12.8. The molecule has 0 atom stereocenters. The van der Waals surface area contributed by atoms with Crippen LogP contribution in [0.5, 0.6) is 11.5 Å². The number of halogens is 2. The molecule has 0 unspecified atom stereocenters. The van der Waals surface area contributed by atoms with Crippen LogP contribution in [0.2, 0.25) is 0 Å². The summed E-state index contributed by atoms with van der Waals surface area (Å²) < 4.78 is 0. The summed E-state index contributed by atoms with van der Waals surface area (Å²) in [5.41, 5.74) is 3.75. The first-order valence-corrected chi connectivity index (χ1v) is 13.9. The number of hydrogen-bond acceptors (Lipinski definition) is 10. The van der Waals surface area contributed by atoms with Crippen LogP contribution in [0.1, 0.15) is 33.9 Å². The molecule has 10 nitrogen and oxygen atoms in total. The van der Waals surface area contributed by atoms with Crippen LogP contribution in [0, 0.1) is 41.5 Å². The van der Waals surface area contributed by atoms with Gasteiger partial charge in [-0.25, -0.2) is 0 Å². The van der Waals surface area contributed by atoms with Crippen LogP contribution in [-0.4, -0.2) is 40.8 Å². The Morgan fingerprint density at radius 2 is 0.650 bits per heavy atom. The third-order valence-electron chi connectivity index (χ3n) is 5.25. The van der Waals surface area contributed by atoms with Gasteiger partial charge in [-0.1, -0.05) is 35.8 Å². The molecule has 4 bridgehead atoms. The van der Waals surface area contributed by atoms with Crippen molar-refractivity contribution >= 4 is 41.7 Å². The quantitative estimate of drug-likeness (QED) is 0.312. The summed E-state index contributed by atoms with van der Waals surface area (Å²) in [4.78, 5) is 0. The molecule has 0 N–H and O–H groups in total. The fourth-order valence-corrected chi connectivity index (χ4v) is 3.04. The summed E-state index contributed by atoms with van der Waals surface area (Å²) in [6.07, 6.45) is 5.56. The second-order valence-corrected chi connectivity index (χ2v) is 8.26. The van der Waals surface area contributed by atoms with Gasteiger partial charge in [0.1, 0.15) is 0 Å². The van der Waals surface area contributed by atoms with Crippen molar-refractivity contribution in [1.82, 2.24) is 40.8 Å². The Hall–Kier alpha value is -2.98. The minimum absolute atomic E-state index is 0.245. The zero-order valence-electron chi connectivity index (χ0n) is 22.4. The Labute approximate surface area is 257 Å². The molecule has 0 radical (unpaired) electrons. The molecule has 3 aromatic rings. The zero-order valence-corrected chi connectivity index (χ0v) is 25.8. The molecule has 0 saturated carbocycles. The summed E-state index contributed by atoms with van der Waals surface area (Å²) in [6, 6.07) is 6.88. The number of aryl methyl sites for hydroxylation is 6. The van der Waals surface area contributed by atoms with Gasteiger partial charge in [0.25, 0.3) is 0 Å². The number of hydrogen-bond donors (Lipinski definition) is 0. The average Bonchev–Trinajstić information content (AvgIpc) is 2.94. The first kappa shape index (κ1) is 35.0. The van der Waals surface area contributed by atoms with E-state index >= 15 is 0 Å². The molecule has 218 valence electrons. The number of fused-ring (bicyclic) bond motifs is 4. The fourth-order valence-electron chi connectivity index (χ4n) is 3.04. The van der Waals surface area contributed by atoms with E-state index in [1.165, 1.54) is 24.8 Å². The van der Waals surface area contributed by atoms with Crippen molar-refractivity contribution in [3.05, 3.63) is 83.0 Å². The predicted molar refractivity (Wildman–Crippen MR) is 145 cm³/mol. The first-order valence-electron chi connectivity index (χ1n) is 11.3. The molecule has 1 heterocycles. The monoisotopic (exact) mass is 678 g/mol. The molecule has 14 heteroatoms. The number of aromatic nitrogens is 8. The Bertz CT molecular complexity index is 1340. The molecule has 0 aliphatic heterocycles. The van der Waals surface area contributed by atoms with Crippen molar-refractivity contribution in [2.24, 2.45) is 0 Å². The summed E-state index contributed by atoms with van der Waals surface area (Å²) in [6.45, 7) is 10.6. The van der Waals surface area contributed by atoms with Crippen LogP contribution in [0.3, 0.4) is 0 Å². The van der Waals surface area contributed by atoms with Crippen LogP contribution < -0.4 is 10.2 Å². The van der Waals surface area contributed by atoms with Crippen LogP contribution >= 0.6 is 20.2 Å². The van der Waals surface area contributed by atoms with Crippen molar-refractivity contribution in [3.8, 4) is 11.5 Å². The van der Waals surface area contributed by atoms with Gasteiger partial charge in [-0.2, -0.15) is 40.8 Å². The standard InChI is InChI=1S/C26H28N8O2.2ClH.2Cu/c1-15-7-21-11-27-31-17(3)19(5)33-29-13-23-9-16(2)10-24(26(23)36)14-30-34-20(6)18(4)32-28-12-22(8-15)25(21)35;;;;/h7-14,35-36H,1-6H3;2*1H;;/q;;;2*+2/p-4. The molecule has 1 aromatic heterocycles. The van der Waals surface area contributed by atoms with E-state index in [0.29, 0.717) is 44.3 Å². The summed E-state index contributed by atoms with van der Waals surface area (Å²) >= 11 is 7.32. The fraction of sp³-hybridized carbons (Fsp3) is 0.231. The minimum atomic E-state index is -0.245. The van der Waals surface area contributed by atoms with Crippen LogP contribution in [-0.2, 0) is 30.2 Å². The van der Waals surface area contributed by atoms with Crippen LogP contribution in [0.15, 0.2) is 49.1 Å². The van der Waals surface area contributed by atoms with E-state index in [0.717, 1.165) is 11.1 Å². The molecule has 0 aliphatic rings. The Morgan fingerprint density at radius 3 is 0.850 bits per heavy atom. The van der Waals surface area contributed by atoms with E-state index in [9.17, 15) is 10.2 Å². The number of nitrogens with zero attached hydrogens (tertiary/aromatic N) is 8. The molecular formula is C26H26Cl2Cu2N8O2. The van der Waals surface area contributed by atoms with Gasteiger partial charge in [0.15, 0.2) is 0 Å². The van der Waals surface area contributed by atoms with Gasteiger partial charge < -0.3 is 10.2 Å². The zero-order chi connectivity index (χ0) is 30.2. The summed E-state index contributed by atoms with van der Waals surface area (Å²) in [5.74, 6) is -0.489. The Kier molecular flexibility index (Phi) is 16.1. The van der Waals surface area contributed by atoms with Crippen LogP contribution in [0.4, 0.5) is 0 Å². The van der Waals surface area contributed by atoms with Gasteiger partial charge in [-0.05, 0) is 74.2 Å². The second-order valence-electron chi connectivity index (χ2n) is 8.26. The first-order chi connectivity index (χ1) is 19.2. The van der Waals surface area contributed by atoms with Crippen molar-refractivity contribution in [3.63, 3.8) is 0 Å². The van der Waals surface area contributed by atoms with E-state index in [1.807, 2.05) is 13.8 Å². The van der Waals surface area contributed by atoms with E-state index in [1.54, 1.807) is 52.0 Å². The summed E-state index contributed by atoms with van der Waals surface area (Å²) in [7, 11) is 8.40. The van der Waals surface area contributed by atoms with Gasteiger partial charge in [0, 0.05) is 0 Å². The molecule has 2 aromatic carbocycles.